The van der Waals surface area contributed by atoms with Gasteiger partial charge in [0.05, 0.1) is 16.9 Å². The van der Waals surface area contributed by atoms with Gasteiger partial charge in [-0.1, -0.05) is 0 Å². The van der Waals surface area contributed by atoms with Crippen molar-refractivity contribution in [2.45, 2.75) is 6.04 Å². The highest BCUT2D eigenvalue weighted by Crippen LogP contribution is 2.29. The number of nitrogens with zero attached hydrogens (tertiary/aromatic N) is 1. The van der Waals surface area contributed by atoms with Crippen molar-refractivity contribution in [2.24, 2.45) is 5.73 Å². The molecule has 0 aliphatic heterocycles. The summed E-state index contributed by atoms with van der Waals surface area (Å²) < 4.78 is 1.12. The van der Waals surface area contributed by atoms with E-state index in [0.717, 1.165) is 3.79 Å². The molecule has 74 valence electrons. The molecule has 1 aromatic rings. The standard InChI is InChI=1S/C8H13BrN2OS/c1-11(12-2)6(5-10)7-3-4-8(9)13-7/h3-4,6H,5,10H2,1-2H3. The van der Waals surface area contributed by atoms with Gasteiger partial charge in [-0.05, 0) is 28.1 Å². The molecule has 1 rings (SSSR count). The number of nitrogens with two attached hydrogens (primary N) is 1. The first kappa shape index (κ1) is 11.1. The summed E-state index contributed by atoms with van der Waals surface area (Å²) in [6, 6.07) is 4.22. The molecule has 0 bridgehead atoms. The number of thiophene rings is 1. The molecule has 2 N–H and O–H groups in total. The molecule has 0 aromatic carbocycles. The molecule has 1 atom stereocenters. The van der Waals surface area contributed by atoms with Crippen molar-refractivity contribution in [3.8, 4) is 0 Å². The van der Waals surface area contributed by atoms with Crippen molar-refractivity contribution in [3.63, 3.8) is 0 Å². The van der Waals surface area contributed by atoms with Gasteiger partial charge in [0.25, 0.3) is 0 Å². The maximum absolute atomic E-state index is 5.66. The monoisotopic (exact) mass is 264 g/mol. The largest absolute Gasteiger partial charge is 0.328 e. The van der Waals surface area contributed by atoms with Gasteiger partial charge < -0.3 is 10.6 Å². The summed E-state index contributed by atoms with van der Waals surface area (Å²) in [6.45, 7) is 0.553. The highest BCUT2D eigenvalue weighted by atomic mass is 79.9. The van der Waals surface area contributed by atoms with Gasteiger partial charge in [0.15, 0.2) is 0 Å². The lowest BCUT2D eigenvalue weighted by atomic mass is 10.2. The second-order valence-corrected chi connectivity index (χ2v) is 5.12. The number of likely N-dealkylation sites (N-methyl/N-ethyl adjacent to an activating group) is 1. The van der Waals surface area contributed by atoms with E-state index in [2.05, 4.69) is 22.0 Å². The minimum Gasteiger partial charge on any atom is -0.328 e. The molecular formula is C8H13BrN2OS. The first-order valence-corrected chi connectivity index (χ1v) is 5.52. The van der Waals surface area contributed by atoms with Crippen LogP contribution in [0.5, 0.6) is 0 Å². The normalized spacial score (nSPS) is 13.6. The molecule has 1 unspecified atom stereocenters. The van der Waals surface area contributed by atoms with Crippen LogP contribution in [0.4, 0.5) is 0 Å². The van der Waals surface area contributed by atoms with Crippen LogP contribution in [0.25, 0.3) is 0 Å². The number of hydroxylamine groups is 2. The van der Waals surface area contributed by atoms with Crippen LogP contribution >= 0.6 is 27.3 Å². The van der Waals surface area contributed by atoms with E-state index >= 15 is 0 Å². The molecule has 0 saturated carbocycles. The van der Waals surface area contributed by atoms with Crippen LogP contribution < -0.4 is 5.73 Å². The lowest BCUT2D eigenvalue weighted by Crippen LogP contribution is -2.28. The van der Waals surface area contributed by atoms with E-state index in [1.54, 1.807) is 23.5 Å². The highest BCUT2D eigenvalue weighted by Gasteiger charge is 2.16. The van der Waals surface area contributed by atoms with E-state index in [-0.39, 0.29) is 6.04 Å². The Morgan fingerprint density at radius 3 is 2.77 bits per heavy atom. The number of halogens is 1. The fraction of sp³-hybridized carbons (Fsp3) is 0.500. The predicted molar refractivity (Wildman–Crippen MR) is 58.6 cm³/mol. The smallest absolute Gasteiger partial charge is 0.0814 e. The summed E-state index contributed by atoms with van der Waals surface area (Å²) in [4.78, 5) is 6.32. The van der Waals surface area contributed by atoms with Crippen LogP contribution in [0.15, 0.2) is 15.9 Å². The molecule has 1 heterocycles. The Balaban J connectivity index is 2.77. The van der Waals surface area contributed by atoms with Gasteiger partial charge in [-0.2, -0.15) is 5.06 Å². The Labute approximate surface area is 90.6 Å². The zero-order valence-corrected chi connectivity index (χ0v) is 10.1. The van der Waals surface area contributed by atoms with Crippen molar-refractivity contribution in [1.29, 1.82) is 0 Å². The van der Waals surface area contributed by atoms with E-state index in [9.17, 15) is 0 Å². The van der Waals surface area contributed by atoms with Gasteiger partial charge in [-0.15, -0.1) is 11.3 Å². The fourth-order valence-corrected chi connectivity index (χ4v) is 2.65. The lowest BCUT2D eigenvalue weighted by molar-refractivity contribution is -0.139. The zero-order valence-electron chi connectivity index (χ0n) is 7.66. The molecule has 0 saturated heterocycles. The molecule has 0 fully saturated rings. The summed E-state index contributed by atoms with van der Waals surface area (Å²) in [6.07, 6.45) is 0. The van der Waals surface area contributed by atoms with Crippen molar-refractivity contribution in [2.75, 3.05) is 20.7 Å². The van der Waals surface area contributed by atoms with E-state index in [0.29, 0.717) is 6.54 Å². The van der Waals surface area contributed by atoms with Crippen LogP contribution in [0, 0.1) is 0 Å². The molecule has 3 nitrogen and oxygen atoms in total. The summed E-state index contributed by atoms with van der Waals surface area (Å²) >= 11 is 5.10. The third kappa shape index (κ3) is 2.75. The van der Waals surface area contributed by atoms with Crippen LogP contribution in [0.3, 0.4) is 0 Å². The number of rotatable bonds is 4. The Morgan fingerprint density at radius 2 is 2.38 bits per heavy atom. The summed E-state index contributed by atoms with van der Waals surface area (Å²) in [5.41, 5.74) is 5.66. The molecule has 0 aliphatic rings. The van der Waals surface area contributed by atoms with Crippen molar-refractivity contribution >= 4 is 27.3 Å². The van der Waals surface area contributed by atoms with Crippen LogP contribution in [0.2, 0.25) is 0 Å². The average molecular weight is 265 g/mol. The first-order valence-electron chi connectivity index (χ1n) is 3.91. The van der Waals surface area contributed by atoms with Crippen molar-refractivity contribution in [1.82, 2.24) is 5.06 Å². The van der Waals surface area contributed by atoms with E-state index in [4.69, 9.17) is 10.6 Å². The SMILES string of the molecule is CON(C)C(CN)c1ccc(Br)s1. The quantitative estimate of drug-likeness (QED) is 0.846. The third-order valence-electron chi connectivity index (χ3n) is 1.87. The average Bonchev–Trinajstić information content (AvgIpc) is 2.53. The first-order chi connectivity index (χ1) is 6.19. The van der Waals surface area contributed by atoms with Crippen molar-refractivity contribution in [3.05, 3.63) is 20.8 Å². The molecule has 0 amide bonds. The van der Waals surface area contributed by atoms with Crippen LogP contribution in [-0.4, -0.2) is 25.8 Å². The van der Waals surface area contributed by atoms with E-state index < -0.39 is 0 Å². The molecule has 13 heavy (non-hydrogen) atoms. The summed E-state index contributed by atoms with van der Waals surface area (Å²) in [7, 11) is 3.52. The minimum atomic E-state index is 0.140. The molecular weight excluding hydrogens is 252 g/mol. The Morgan fingerprint density at radius 1 is 1.69 bits per heavy atom. The van der Waals surface area contributed by atoms with Gasteiger partial charge in [0, 0.05) is 18.5 Å². The van der Waals surface area contributed by atoms with E-state index in [1.165, 1.54) is 4.88 Å². The lowest BCUT2D eigenvalue weighted by Gasteiger charge is -2.23. The maximum Gasteiger partial charge on any atom is 0.0814 e. The Hall–Kier alpha value is 0.0600. The third-order valence-corrected chi connectivity index (χ3v) is 3.60. The molecule has 0 spiro atoms. The zero-order chi connectivity index (χ0) is 9.84. The van der Waals surface area contributed by atoms with Gasteiger partial charge in [-0.25, -0.2) is 0 Å². The fourth-order valence-electron chi connectivity index (χ4n) is 1.08. The number of hydrogen-bond acceptors (Lipinski definition) is 4. The molecule has 5 heteroatoms. The Kier molecular flexibility index (Phi) is 4.34. The van der Waals surface area contributed by atoms with Gasteiger partial charge in [-0.3, -0.25) is 0 Å². The van der Waals surface area contributed by atoms with Crippen LogP contribution in [-0.2, 0) is 4.84 Å². The van der Waals surface area contributed by atoms with Gasteiger partial charge in [0.1, 0.15) is 0 Å². The summed E-state index contributed by atoms with van der Waals surface area (Å²) in [5.74, 6) is 0. The molecule has 0 radical (unpaired) electrons. The van der Waals surface area contributed by atoms with Gasteiger partial charge in [0.2, 0.25) is 0 Å². The van der Waals surface area contributed by atoms with Gasteiger partial charge >= 0.3 is 0 Å². The summed E-state index contributed by atoms with van der Waals surface area (Å²) in [5, 5.41) is 1.76. The van der Waals surface area contributed by atoms with Crippen molar-refractivity contribution < 1.29 is 4.84 Å². The minimum absolute atomic E-state index is 0.140. The van der Waals surface area contributed by atoms with E-state index in [1.807, 2.05) is 13.1 Å². The predicted octanol–water partition coefficient (Wildman–Crippen LogP) is 2.00. The second-order valence-electron chi connectivity index (χ2n) is 2.62. The second kappa shape index (κ2) is 5.07. The topological polar surface area (TPSA) is 38.5 Å². The Bertz CT molecular complexity index is 266. The number of hydrogen-bond donors (Lipinski definition) is 1. The van der Waals surface area contributed by atoms with Crippen LogP contribution in [0.1, 0.15) is 10.9 Å². The molecule has 1 aromatic heterocycles. The highest BCUT2D eigenvalue weighted by molar-refractivity contribution is 9.11. The maximum atomic E-state index is 5.66. The molecule has 0 aliphatic carbocycles.